The van der Waals surface area contributed by atoms with Crippen LogP contribution in [0.2, 0.25) is 0 Å². The van der Waals surface area contributed by atoms with Crippen LogP contribution >= 0.6 is 0 Å². The fraction of sp³-hybridized carbons (Fsp3) is 0.333. The van der Waals surface area contributed by atoms with Gasteiger partial charge in [0.2, 0.25) is 0 Å². The molecule has 0 bridgehead atoms. The third-order valence-corrected chi connectivity index (χ3v) is 3.81. The Morgan fingerprint density at radius 3 is 2.90 bits per heavy atom. The van der Waals surface area contributed by atoms with Crippen LogP contribution in [0.4, 0.5) is 5.69 Å². The van der Waals surface area contributed by atoms with Crippen molar-refractivity contribution in [1.29, 1.82) is 0 Å². The van der Waals surface area contributed by atoms with Crippen molar-refractivity contribution in [2.24, 2.45) is 0 Å². The SMILES string of the molecule is CCOc1ccc(NC2COCc3ccccc32)c(C)c1. The van der Waals surface area contributed by atoms with Crippen molar-refractivity contribution >= 4 is 5.69 Å². The van der Waals surface area contributed by atoms with E-state index >= 15 is 0 Å². The highest BCUT2D eigenvalue weighted by molar-refractivity contribution is 5.55. The van der Waals surface area contributed by atoms with Crippen LogP contribution in [0.3, 0.4) is 0 Å². The normalized spacial score (nSPS) is 17.1. The highest BCUT2D eigenvalue weighted by Crippen LogP contribution is 2.30. The maximum atomic E-state index is 5.70. The van der Waals surface area contributed by atoms with Crippen molar-refractivity contribution in [1.82, 2.24) is 0 Å². The van der Waals surface area contributed by atoms with E-state index < -0.39 is 0 Å². The molecule has 1 aliphatic rings. The van der Waals surface area contributed by atoms with Gasteiger partial charge in [-0.15, -0.1) is 0 Å². The van der Waals surface area contributed by atoms with E-state index in [0.29, 0.717) is 19.8 Å². The number of benzene rings is 2. The summed E-state index contributed by atoms with van der Waals surface area (Å²) in [5.41, 5.74) is 4.91. The molecular weight excluding hydrogens is 262 g/mol. The van der Waals surface area contributed by atoms with Gasteiger partial charge in [-0.25, -0.2) is 0 Å². The van der Waals surface area contributed by atoms with Crippen LogP contribution in [0.15, 0.2) is 42.5 Å². The molecule has 0 aromatic heterocycles. The van der Waals surface area contributed by atoms with Crippen molar-refractivity contribution in [3.8, 4) is 5.75 Å². The molecule has 2 aromatic carbocycles. The quantitative estimate of drug-likeness (QED) is 0.917. The van der Waals surface area contributed by atoms with Crippen LogP contribution in [-0.4, -0.2) is 13.2 Å². The Balaban J connectivity index is 1.81. The van der Waals surface area contributed by atoms with Gasteiger partial charge in [-0.3, -0.25) is 0 Å². The van der Waals surface area contributed by atoms with Crippen molar-refractivity contribution < 1.29 is 9.47 Å². The summed E-state index contributed by atoms with van der Waals surface area (Å²) in [5.74, 6) is 0.917. The average molecular weight is 283 g/mol. The zero-order chi connectivity index (χ0) is 14.7. The van der Waals surface area contributed by atoms with Crippen LogP contribution in [0.1, 0.15) is 29.7 Å². The van der Waals surface area contributed by atoms with Gasteiger partial charge in [0.1, 0.15) is 5.75 Å². The Hall–Kier alpha value is -2.00. The first-order valence-corrected chi connectivity index (χ1v) is 7.43. The second-order valence-corrected chi connectivity index (χ2v) is 5.32. The predicted molar refractivity (Wildman–Crippen MR) is 84.8 cm³/mol. The second kappa shape index (κ2) is 6.19. The lowest BCUT2D eigenvalue weighted by atomic mass is 9.98. The molecule has 1 heterocycles. The first-order valence-electron chi connectivity index (χ1n) is 7.43. The number of rotatable bonds is 4. The van der Waals surface area contributed by atoms with E-state index in [2.05, 4.69) is 48.6 Å². The van der Waals surface area contributed by atoms with E-state index in [1.165, 1.54) is 16.7 Å². The minimum Gasteiger partial charge on any atom is -0.494 e. The molecule has 0 fully saturated rings. The Kier molecular flexibility index (Phi) is 4.11. The molecule has 1 N–H and O–H groups in total. The summed E-state index contributed by atoms with van der Waals surface area (Å²) in [4.78, 5) is 0. The van der Waals surface area contributed by atoms with Gasteiger partial charge in [-0.05, 0) is 48.7 Å². The van der Waals surface area contributed by atoms with Crippen LogP contribution in [-0.2, 0) is 11.3 Å². The standard InChI is InChI=1S/C18H21NO2/c1-3-21-15-8-9-17(13(2)10-15)19-18-12-20-11-14-6-4-5-7-16(14)18/h4-10,18-19H,3,11-12H2,1-2H3. The fourth-order valence-electron chi connectivity index (χ4n) is 2.74. The summed E-state index contributed by atoms with van der Waals surface area (Å²) >= 11 is 0. The van der Waals surface area contributed by atoms with Crippen molar-refractivity contribution in [3.63, 3.8) is 0 Å². The fourth-order valence-corrected chi connectivity index (χ4v) is 2.74. The number of nitrogens with one attached hydrogen (secondary N) is 1. The van der Waals surface area contributed by atoms with Crippen molar-refractivity contribution in [2.75, 3.05) is 18.5 Å². The number of hydrogen-bond donors (Lipinski definition) is 1. The molecule has 1 atom stereocenters. The first-order chi connectivity index (χ1) is 10.3. The molecule has 3 rings (SSSR count). The first kappa shape index (κ1) is 14.0. The molecule has 0 aliphatic carbocycles. The molecule has 3 heteroatoms. The molecule has 1 unspecified atom stereocenters. The molecule has 0 amide bonds. The van der Waals surface area contributed by atoms with Crippen LogP contribution in [0.5, 0.6) is 5.75 Å². The van der Waals surface area contributed by atoms with Gasteiger partial charge in [-0.2, -0.15) is 0 Å². The number of hydrogen-bond acceptors (Lipinski definition) is 3. The van der Waals surface area contributed by atoms with E-state index in [1.54, 1.807) is 0 Å². The lowest BCUT2D eigenvalue weighted by Gasteiger charge is -2.28. The molecule has 0 saturated carbocycles. The highest BCUT2D eigenvalue weighted by Gasteiger charge is 2.20. The lowest BCUT2D eigenvalue weighted by molar-refractivity contribution is 0.0970. The van der Waals surface area contributed by atoms with E-state index in [0.717, 1.165) is 11.4 Å². The molecule has 21 heavy (non-hydrogen) atoms. The summed E-state index contributed by atoms with van der Waals surface area (Å²) in [5, 5.41) is 3.59. The monoisotopic (exact) mass is 283 g/mol. The summed E-state index contributed by atoms with van der Waals surface area (Å²) in [6, 6.07) is 14.8. The third-order valence-electron chi connectivity index (χ3n) is 3.81. The van der Waals surface area contributed by atoms with Crippen molar-refractivity contribution in [3.05, 3.63) is 59.2 Å². The Labute approximate surface area is 125 Å². The largest absolute Gasteiger partial charge is 0.494 e. The minimum atomic E-state index is 0.201. The van der Waals surface area contributed by atoms with Crippen molar-refractivity contribution in [2.45, 2.75) is 26.5 Å². The van der Waals surface area contributed by atoms with Gasteiger partial charge in [0.15, 0.2) is 0 Å². The summed E-state index contributed by atoms with van der Waals surface area (Å²) in [7, 11) is 0. The maximum absolute atomic E-state index is 5.70. The van der Waals surface area contributed by atoms with E-state index in [9.17, 15) is 0 Å². The molecule has 3 nitrogen and oxygen atoms in total. The van der Waals surface area contributed by atoms with Gasteiger partial charge in [0.05, 0.1) is 25.9 Å². The van der Waals surface area contributed by atoms with Gasteiger partial charge in [0.25, 0.3) is 0 Å². The predicted octanol–water partition coefficient (Wildman–Crippen LogP) is 4.08. The van der Waals surface area contributed by atoms with Gasteiger partial charge in [-0.1, -0.05) is 24.3 Å². The molecule has 1 aliphatic heterocycles. The summed E-state index contributed by atoms with van der Waals surface area (Å²) < 4.78 is 11.2. The summed E-state index contributed by atoms with van der Waals surface area (Å²) in [6.45, 7) is 6.19. The van der Waals surface area contributed by atoms with Crippen LogP contribution in [0.25, 0.3) is 0 Å². The summed E-state index contributed by atoms with van der Waals surface area (Å²) in [6.07, 6.45) is 0. The molecule has 110 valence electrons. The van der Waals surface area contributed by atoms with Crippen LogP contribution < -0.4 is 10.1 Å². The van der Waals surface area contributed by atoms with E-state index in [4.69, 9.17) is 9.47 Å². The van der Waals surface area contributed by atoms with Crippen LogP contribution in [0, 0.1) is 6.92 Å². The van der Waals surface area contributed by atoms with E-state index in [-0.39, 0.29) is 6.04 Å². The third kappa shape index (κ3) is 3.03. The zero-order valence-electron chi connectivity index (χ0n) is 12.6. The van der Waals surface area contributed by atoms with E-state index in [1.807, 2.05) is 13.0 Å². The molecule has 0 spiro atoms. The van der Waals surface area contributed by atoms with Gasteiger partial charge >= 0.3 is 0 Å². The highest BCUT2D eigenvalue weighted by atomic mass is 16.5. The zero-order valence-corrected chi connectivity index (χ0v) is 12.6. The number of aryl methyl sites for hydroxylation is 1. The second-order valence-electron chi connectivity index (χ2n) is 5.32. The molecule has 0 saturated heterocycles. The lowest BCUT2D eigenvalue weighted by Crippen LogP contribution is -2.23. The van der Waals surface area contributed by atoms with Gasteiger partial charge < -0.3 is 14.8 Å². The smallest absolute Gasteiger partial charge is 0.119 e. The average Bonchev–Trinajstić information content (AvgIpc) is 2.51. The topological polar surface area (TPSA) is 30.5 Å². The molecular formula is C18H21NO2. The minimum absolute atomic E-state index is 0.201. The number of ether oxygens (including phenoxy) is 2. The maximum Gasteiger partial charge on any atom is 0.119 e. The Morgan fingerprint density at radius 2 is 2.10 bits per heavy atom. The van der Waals surface area contributed by atoms with Gasteiger partial charge in [0, 0.05) is 5.69 Å². The Morgan fingerprint density at radius 1 is 1.24 bits per heavy atom. The molecule has 0 radical (unpaired) electrons. The number of fused-ring (bicyclic) bond motifs is 1. The number of anilines is 1. The Bertz CT molecular complexity index is 624. The molecule has 2 aromatic rings.